The molecular formula is C27H50O6Si. The second-order valence-electron chi connectivity index (χ2n) is 12.0. The largest absolute Gasteiger partial charge is 0.481 e. The minimum atomic E-state index is -1.73. The second kappa shape index (κ2) is 13.2. The van der Waals surface area contributed by atoms with Crippen molar-refractivity contribution in [1.29, 1.82) is 0 Å². The maximum Gasteiger partial charge on any atom is 0.306 e. The van der Waals surface area contributed by atoms with Crippen molar-refractivity contribution < 1.29 is 28.5 Å². The third-order valence-corrected chi connectivity index (χ3v) is 10.7. The van der Waals surface area contributed by atoms with Crippen LogP contribution in [0, 0.1) is 23.7 Å². The summed E-state index contributed by atoms with van der Waals surface area (Å²) in [4.78, 5) is 11.8. The van der Waals surface area contributed by atoms with Gasteiger partial charge in [-0.25, -0.2) is 0 Å². The van der Waals surface area contributed by atoms with Crippen molar-refractivity contribution in [2.45, 2.75) is 129 Å². The first-order chi connectivity index (χ1) is 16.2. The molecule has 3 fully saturated rings. The first-order valence-corrected chi connectivity index (χ1v) is 17.1. The molecule has 7 atom stereocenters. The van der Waals surface area contributed by atoms with E-state index in [4.69, 9.17) is 18.6 Å². The van der Waals surface area contributed by atoms with Gasteiger partial charge in [0.15, 0.2) is 14.6 Å². The summed E-state index contributed by atoms with van der Waals surface area (Å²) in [5.41, 5.74) is 0. The summed E-state index contributed by atoms with van der Waals surface area (Å²) in [5, 5.41) is 9.67. The predicted molar refractivity (Wildman–Crippen MR) is 136 cm³/mol. The Bertz CT molecular complexity index is 620. The summed E-state index contributed by atoms with van der Waals surface area (Å²) in [6, 6.07) is 1.16. The Labute approximate surface area is 208 Å². The quantitative estimate of drug-likeness (QED) is 0.321. The minimum absolute atomic E-state index is 0.0284. The number of carboxylic acid groups (broad SMARTS) is 1. The van der Waals surface area contributed by atoms with Gasteiger partial charge in [0.25, 0.3) is 0 Å². The molecule has 0 amide bonds. The Balaban J connectivity index is 1.68. The fraction of sp³-hybridized carbons (Fsp3) is 0.963. The van der Waals surface area contributed by atoms with Crippen LogP contribution in [0.25, 0.3) is 0 Å². The first-order valence-electron chi connectivity index (χ1n) is 14.0. The molecule has 3 rings (SSSR count). The van der Waals surface area contributed by atoms with Gasteiger partial charge < -0.3 is 23.7 Å². The lowest BCUT2D eigenvalue weighted by Crippen LogP contribution is -2.39. The molecule has 0 aromatic carbocycles. The molecule has 0 aromatic rings. The zero-order chi connectivity index (χ0) is 24.7. The van der Waals surface area contributed by atoms with E-state index < -0.39 is 14.3 Å². The molecule has 198 valence electrons. The van der Waals surface area contributed by atoms with Crippen LogP contribution in [-0.2, 0) is 23.4 Å². The molecule has 3 aliphatic rings. The van der Waals surface area contributed by atoms with Crippen molar-refractivity contribution in [2.24, 2.45) is 23.7 Å². The second-order valence-corrected chi connectivity index (χ2v) is 16.2. The maximum absolute atomic E-state index is 11.8. The molecule has 0 radical (unpaired) electrons. The van der Waals surface area contributed by atoms with Crippen LogP contribution in [-0.4, -0.2) is 57.2 Å². The van der Waals surface area contributed by atoms with Crippen LogP contribution in [0.1, 0.15) is 85.0 Å². The van der Waals surface area contributed by atoms with E-state index in [1.165, 1.54) is 0 Å². The topological polar surface area (TPSA) is 74.2 Å². The Kier molecular flexibility index (Phi) is 10.9. The summed E-state index contributed by atoms with van der Waals surface area (Å²) in [6.45, 7) is 12.8. The number of carboxylic acids is 1. The number of rotatable bonds is 12. The molecule has 2 aliphatic heterocycles. The van der Waals surface area contributed by atoms with Gasteiger partial charge in [0.2, 0.25) is 0 Å². The molecule has 34 heavy (non-hydrogen) atoms. The van der Waals surface area contributed by atoms with Crippen LogP contribution in [0.3, 0.4) is 0 Å². The van der Waals surface area contributed by atoms with Gasteiger partial charge in [-0.05, 0) is 75.9 Å². The van der Waals surface area contributed by atoms with Gasteiger partial charge in [-0.3, -0.25) is 4.79 Å². The average Bonchev–Trinajstić information content (AvgIpc) is 2.93. The van der Waals surface area contributed by atoms with Crippen LogP contribution < -0.4 is 0 Å². The number of carbonyl (C=O) groups is 1. The van der Waals surface area contributed by atoms with Crippen LogP contribution in [0.5, 0.6) is 0 Å². The summed E-state index contributed by atoms with van der Waals surface area (Å²) in [5.74, 6) is 0.388. The van der Waals surface area contributed by atoms with E-state index in [-0.39, 0.29) is 30.5 Å². The van der Waals surface area contributed by atoms with Gasteiger partial charge >= 0.3 is 5.97 Å². The monoisotopic (exact) mass is 498 g/mol. The highest BCUT2D eigenvalue weighted by molar-refractivity contribution is 6.71. The molecule has 1 aliphatic carbocycles. The van der Waals surface area contributed by atoms with Gasteiger partial charge in [-0.15, -0.1) is 0 Å². The Morgan fingerprint density at radius 3 is 2.59 bits per heavy atom. The fourth-order valence-corrected chi connectivity index (χ4v) is 9.26. The zero-order valence-corrected chi connectivity index (χ0v) is 23.3. The van der Waals surface area contributed by atoms with Crippen molar-refractivity contribution in [2.75, 3.05) is 13.2 Å². The highest BCUT2D eigenvalue weighted by Crippen LogP contribution is 2.44. The number of ether oxygens (including phenoxy) is 3. The summed E-state index contributed by atoms with van der Waals surface area (Å²) < 4.78 is 25.9. The molecule has 2 heterocycles. The van der Waals surface area contributed by atoms with Crippen molar-refractivity contribution >= 4 is 14.3 Å². The van der Waals surface area contributed by atoms with Gasteiger partial charge in [0, 0.05) is 25.6 Å². The van der Waals surface area contributed by atoms with E-state index in [9.17, 15) is 9.90 Å². The van der Waals surface area contributed by atoms with Gasteiger partial charge in [-0.2, -0.15) is 0 Å². The number of hydrogen-bond acceptors (Lipinski definition) is 5. The summed E-state index contributed by atoms with van der Waals surface area (Å²) in [6.07, 6.45) is 9.63. The molecule has 0 bridgehead atoms. The van der Waals surface area contributed by atoms with E-state index >= 15 is 0 Å². The smallest absolute Gasteiger partial charge is 0.306 e. The molecule has 0 spiro atoms. The minimum Gasteiger partial charge on any atom is -0.481 e. The average molecular weight is 499 g/mol. The Hall–Kier alpha value is -0.473. The van der Waals surface area contributed by atoms with Gasteiger partial charge in [0.1, 0.15) is 0 Å². The normalized spacial score (nSPS) is 33.5. The van der Waals surface area contributed by atoms with E-state index in [2.05, 4.69) is 33.9 Å². The Morgan fingerprint density at radius 2 is 1.94 bits per heavy atom. The number of hydrogen-bond donors (Lipinski definition) is 1. The highest BCUT2D eigenvalue weighted by Gasteiger charge is 2.48. The SMILES string of the molecule is CCCC(C[C@H]1CCC[C@@H]2[C@@H](CO[Si](C)(C)CC(C)C)[C@H](OC3CCCCO3)C[C@@H]2O1)C(=O)O. The van der Waals surface area contributed by atoms with Gasteiger partial charge in [-0.1, -0.05) is 33.6 Å². The standard InChI is InChI=1S/C27H50O6Si/c1-6-10-20(27(28)29)15-21-11-9-12-22-23(17-31-34(4,5)18-19(2)3)25(16-24(22)32-21)33-26-13-7-8-14-30-26/h19-26H,6-18H2,1-5H3,(H,28,29)/t20?,21-,22-,23-,24+,25-,26?/m1/s1. The van der Waals surface area contributed by atoms with Crippen LogP contribution >= 0.6 is 0 Å². The molecule has 0 aromatic heterocycles. The number of aliphatic carboxylic acids is 1. The van der Waals surface area contributed by atoms with E-state index in [1.54, 1.807) is 0 Å². The lowest BCUT2D eigenvalue weighted by Gasteiger charge is -2.33. The van der Waals surface area contributed by atoms with Crippen LogP contribution in [0.2, 0.25) is 19.1 Å². The zero-order valence-electron chi connectivity index (χ0n) is 22.3. The van der Waals surface area contributed by atoms with Crippen molar-refractivity contribution in [3.8, 4) is 0 Å². The third kappa shape index (κ3) is 8.29. The molecule has 1 saturated carbocycles. The lowest BCUT2D eigenvalue weighted by molar-refractivity contribution is -0.198. The molecule has 1 N–H and O–H groups in total. The molecule has 6 nitrogen and oxygen atoms in total. The van der Waals surface area contributed by atoms with Crippen molar-refractivity contribution in [3.63, 3.8) is 0 Å². The van der Waals surface area contributed by atoms with Crippen LogP contribution in [0.15, 0.2) is 0 Å². The van der Waals surface area contributed by atoms with Crippen molar-refractivity contribution in [3.05, 3.63) is 0 Å². The van der Waals surface area contributed by atoms with E-state index in [1.807, 2.05) is 0 Å². The molecular weight excluding hydrogens is 448 g/mol. The van der Waals surface area contributed by atoms with Crippen molar-refractivity contribution in [1.82, 2.24) is 0 Å². The maximum atomic E-state index is 11.8. The van der Waals surface area contributed by atoms with Crippen LogP contribution in [0.4, 0.5) is 0 Å². The van der Waals surface area contributed by atoms with E-state index in [0.29, 0.717) is 24.2 Å². The van der Waals surface area contributed by atoms with E-state index in [0.717, 1.165) is 77.0 Å². The fourth-order valence-electron chi connectivity index (χ4n) is 6.53. The number of fused-ring (bicyclic) bond motifs is 1. The predicted octanol–water partition coefficient (Wildman–Crippen LogP) is 6.24. The first kappa shape index (κ1) is 28.1. The third-order valence-electron chi connectivity index (χ3n) is 7.97. The summed E-state index contributed by atoms with van der Waals surface area (Å²) in [7, 11) is -1.73. The highest BCUT2D eigenvalue weighted by atomic mass is 28.4. The molecule has 2 saturated heterocycles. The molecule has 7 heteroatoms. The van der Waals surface area contributed by atoms with Gasteiger partial charge in [0.05, 0.1) is 24.2 Å². The lowest BCUT2D eigenvalue weighted by atomic mass is 9.89. The summed E-state index contributed by atoms with van der Waals surface area (Å²) >= 11 is 0. The Morgan fingerprint density at radius 1 is 1.15 bits per heavy atom. The molecule has 2 unspecified atom stereocenters.